The van der Waals surface area contributed by atoms with Crippen molar-refractivity contribution >= 4 is 17.1 Å². The van der Waals surface area contributed by atoms with Crippen molar-refractivity contribution in [2.45, 2.75) is 32.5 Å². The van der Waals surface area contributed by atoms with Crippen LogP contribution in [0.25, 0.3) is 22.6 Å². The number of carbonyl (C=O) groups is 1. The number of aromatic nitrogens is 1. The summed E-state index contributed by atoms with van der Waals surface area (Å²) < 4.78 is 17.2. The van der Waals surface area contributed by atoms with E-state index in [2.05, 4.69) is 10.3 Å². The SMILES string of the molecule is COc1ccc(CNCc2ccccc2OC(C)(C)C(=O)O)c(-c2nc3ccccc3o2)c1. The molecule has 7 nitrogen and oxygen atoms in total. The van der Waals surface area contributed by atoms with E-state index in [1.165, 1.54) is 13.8 Å². The van der Waals surface area contributed by atoms with Gasteiger partial charge in [-0.15, -0.1) is 0 Å². The first-order chi connectivity index (χ1) is 15.9. The van der Waals surface area contributed by atoms with Gasteiger partial charge in [-0.1, -0.05) is 36.4 Å². The second kappa shape index (κ2) is 9.34. The highest BCUT2D eigenvalue weighted by Crippen LogP contribution is 2.30. The first kappa shape index (κ1) is 22.4. The minimum Gasteiger partial charge on any atom is -0.497 e. The van der Waals surface area contributed by atoms with Gasteiger partial charge < -0.3 is 24.3 Å². The van der Waals surface area contributed by atoms with E-state index >= 15 is 0 Å². The summed E-state index contributed by atoms with van der Waals surface area (Å²) in [5.74, 6) is 0.752. The molecule has 0 radical (unpaired) electrons. The van der Waals surface area contributed by atoms with Crippen LogP contribution in [0.5, 0.6) is 11.5 Å². The standard InChI is InChI=1S/C26H26N2O5/c1-26(2,25(29)30)33-22-10-6-4-8-18(22)16-27-15-17-12-13-19(31-3)14-20(17)24-28-21-9-5-7-11-23(21)32-24/h4-14,27H,15-16H2,1-3H3,(H,29,30). The smallest absolute Gasteiger partial charge is 0.347 e. The van der Waals surface area contributed by atoms with Gasteiger partial charge in [-0.25, -0.2) is 9.78 Å². The molecule has 0 saturated heterocycles. The highest BCUT2D eigenvalue weighted by atomic mass is 16.5. The fourth-order valence-corrected chi connectivity index (χ4v) is 3.42. The number of methoxy groups -OCH3 is 1. The maximum Gasteiger partial charge on any atom is 0.347 e. The molecule has 4 aromatic rings. The third-order valence-corrected chi connectivity index (χ3v) is 5.32. The Hall–Kier alpha value is -3.84. The zero-order valence-electron chi connectivity index (χ0n) is 18.8. The third kappa shape index (κ3) is 4.99. The Kier molecular flexibility index (Phi) is 6.33. The van der Waals surface area contributed by atoms with Gasteiger partial charge in [0.25, 0.3) is 0 Å². The number of carboxylic acids is 1. The Morgan fingerprint density at radius 3 is 2.52 bits per heavy atom. The summed E-state index contributed by atoms with van der Waals surface area (Å²) in [6.07, 6.45) is 0. The van der Waals surface area contributed by atoms with Crippen LogP contribution in [0.2, 0.25) is 0 Å². The minimum absolute atomic E-state index is 0.491. The molecule has 1 aromatic heterocycles. The van der Waals surface area contributed by atoms with Crippen LogP contribution in [0.4, 0.5) is 0 Å². The second-order valence-electron chi connectivity index (χ2n) is 8.14. The lowest BCUT2D eigenvalue weighted by Gasteiger charge is -2.23. The van der Waals surface area contributed by atoms with Crippen LogP contribution in [0.1, 0.15) is 25.0 Å². The molecular weight excluding hydrogens is 420 g/mol. The van der Waals surface area contributed by atoms with Gasteiger partial charge in [0.05, 0.1) is 7.11 Å². The lowest BCUT2D eigenvalue weighted by molar-refractivity contribution is -0.152. The van der Waals surface area contributed by atoms with Gasteiger partial charge in [0.1, 0.15) is 17.0 Å². The maximum absolute atomic E-state index is 11.5. The van der Waals surface area contributed by atoms with Gasteiger partial charge in [-0.2, -0.15) is 0 Å². The summed E-state index contributed by atoms with van der Waals surface area (Å²) >= 11 is 0. The molecule has 0 spiro atoms. The van der Waals surface area contributed by atoms with Crippen LogP contribution in [0.15, 0.2) is 71.1 Å². The zero-order chi connectivity index (χ0) is 23.4. The Morgan fingerprint density at radius 2 is 1.76 bits per heavy atom. The molecule has 3 aromatic carbocycles. The zero-order valence-corrected chi connectivity index (χ0v) is 18.8. The van der Waals surface area contributed by atoms with Crippen molar-refractivity contribution in [1.29, 1.82) is 0 Å². The van der Waals surface area contributed by atoms with Gasteiger partial charge in [-0.05, 0) is 49.7 Å². The number of fused-ring (bicyclic) bond motifs is 1. The predicted molar refractivity (Wildman–Crippen MR) is 125 cm³/mol. The Bertz CT molecular complexity index is 1250. The number of carboxylic acid groups (broad SMARTS) is 1. The van der Waals surface area contributed by atoms with Crippen LogP contribution in [-0.4, -0.2) is 28.8 Å². The minimum atomic E-state index is -1.33. The molecule has 0 aliphatic heterocycles. The van der Waals surface area contributed by atoms with Gasteiger partial charge in [-0.3, -0.25) is 0 Å². The second-order valence-corrected chi connectivity index (χ2v) is 8.14. The molecular formula is C26H26N2O5. The van der Waals surface area contributed by atoms with E-state index in [-0.39, 0.29) is 0 Å². The Labute approximate surface area is 192 Å². The Balaban J connectivity index is 1.55. The van der Waals surface area contributed by atoms with Gasteiger partial charge in [0.2, 0.25) is 5.89 Å². The molecule has 0 aliphatic rings. The molecule has 4 rings (SSSR count). The molecule has 0 aliphatic carbocycles. The highest BCUT2D eigenvalue weighted by Gasteiger charge is 2.30. The van der Waals surface area contributed by atoms with Crippen LogP contribution in [0, 0.1) is 0 Å². The average molecular weight is 447 g/mol. The van der Waals surface area contributed by atoms with Crippen molar-refractivity contribution in [1.82, 2.24) is 10.3 Å². The number of nitrogens with zero attached hydrogens (tertiary/aromatic N) is 1. The van der Waals surface area contributed by atoms with Crippen LogP contribution < -0.4 is 14.8 Å². The normalized spacial score (nSPS) is 11.5. The van der Waals surface area contributed by atoms with Gasteiger partial charge in [0, 0.05) is 24.2 Å². The number of ether oxygens (including phenoxy) is 2. The average Bonchev–Trinajstić information content (AvgIpc) is 3.24. The van der Waals surface area contributed by atoms with Crippen molar-refractivity contribution in [2.75, 3.05) is 7.11 Å². The number of para-hydroxylation sites is 3. The van der Waals surface area contributed by atoms with Crippen LogP contribution in [0.3, 0.4) is 0 Å². The summed E-state index contributed by atoms with van der Waals surface area (Å²) in [6.45, 7) is 4.09. The summed E-state index contributed by atoms with van der Waals surface area (Å²) in [5, 5.41) is 12.8. The van der Waals surface area contributed by atoms with Crippen molar-refractivity contribution in [3.8, 4) is 23.0 Å². The van der Waals surface area contributed by atoms with E-state index in [1.807, 2.05) is 60.7 Å². The molecule has 0 fully saturated rings. The van der Waals surface area contributed by atoms with E-state index in [9.17, 15) is 9.90 Å². The fraction of sp³-hybridized carbons (Fsp3) is 0.231. The van der Waals surface area contributed by atoms with Crippen molar-refractivity contribution in [3.05, 3.63) is 77.9 Å². The number of oxazole rings is 1. The molecule has 0 unspecified atom stereocenters. The monoisotopic (exact) mass is 446 g/mol. The summed E-state index contributed by atoms with van der Waals surface area (Å²) in [4.78, 5) is 16.1. The number of rotatable bonds is 9. The summed E-state index contributed by atoms with van der Waals surface area (Å²) in [6, 6.07) is 20.8. The number of hydrogen-bond donors (Lipinski definition) is 2. The van der Waals surface area contributed by atoms with E-state index < -0.39 is 11.6 Å². The summed E-state index contributed by atoms with van der Waals surface area (Å²) in [5.41, 5.74) is 2.89. The van der Waals surface area contributed by atoms with E-state index in [0.29, 0.717) is 30.5 Å². The number of aliphatic carboxylic acids is 1. The number of benzene rings is 3. The molecule has 1 heterocycles. The Morgan fingerprint density at radius 1 is 1.03 bits per heavy atom. The third-order valence-electron chi connectivity index (χ3n) is 5.32. The van der Waals surface area contributed by atoms with Gasteiger partial charge >= 0.3 is 5.97 Å². The number of nitrogens with one attached hydrogen (secondary N) is 1. The molecule has 0 amide bonds. The van der Waals surface area contributed by atoms with Gasteiger partial charge in [0.15, 0.2) is 11.2 Å². The van der Waals surface area contributed by atoms with E-state index in [4.69, 9.17) is 13.9 Å². The van der Waals surface area contributed by atoms with Crippen LogP contribution in [-0.2, 0) is 17.9 Å². The largest absolute Gasteiger partial charge is 0.497 e. The lowest BCUT2D eigenvalue weighted by Crippen LogP contribution is -2.38. The molecule has 0 bridgehead atoms. The number of hydrogen-bond acceptors (Lipinski definition) is 6. The first-order valence-electron chi connectivity index (χ1n) is 10.6. The van der Waals surface area contributed by atoms with Crippen LogP contribution >= 0.6 is 0 Å². The fourth-order valence-electron chi connectivity index (χ4n) is 3.42. The molecule has 0 atom stereocenters. The topological polar surface area (TPSA) is 93.8 Å². The van der Waals surface area contributed by atoms with E-state index in [1.54, 1.807) is 13.2 Å². The van der Waals surface area contributed by atoms with E-state index in [0.717, 1.165) is 27.8 Å². The molecule has 33 heavy (non-hydrogen) atoms. The van der Waals surface area contributed by atoms with Crippen molar-refractivity contribution in [2.24, 2.45) is 0 Å². The molecule has 2 N–H and O–H groups in total. The van der Waals surface area contributed by atoms with Crippen molar-refractivity contribution in [3.63, 3.8) is 0 Å². The highest BCUT2D eigenvalue weighted by molar-refractivity contribution is 5.77. The maximum atomic E-state index is 11.5. The predicted octanol–water partition coefficient (Wildman–Crippen LogP) is 5.04. The van der Waals surface area contributed by atoms with Crippen molar-refractivity contribution < 1.29 is 23.8 Å². The summed E-state index contributed by atoms with van der Waals surface area (Å²) in [7, 11) is 1.62. The lowest BCUT2D eigenvalue weighted by atomic mass is 10.1. The quantitative estimate of drug-likeness (QED) is 0.372. The molecule has 170 valence electrons. The molecule has 7 heteroatoms. The first-order valence-corrected chi connectivity index (χ1v) is 10.6. The molecule has 0 saturated carbocycles.